The lowest BCUT2D eigenvalue weighted by Crippen LogP contribution is -2.24. The van der Waals surface area contributed by atoms with Crippen molar-refractivity contribution in [1.82, 2.24) is 4.98 Å². The number of nitrogens with zero attached hydrogens (tertiary/aromatic N) is 1. The zero-order valence-electron chi connectivity index (χ0n) is 15.9. The lowest BCUT2D eigenvalue weighted by atomic mass is 10.1. The molecule has 0 saturated carbocycles. The Bertz CT molecular complexity index is 1180. The molecule has 3 N–H and O–H groups in total. The molecule has 1 aromatic heterocycles. The van der Waals surface area contributed by atoms with E-state index in [1.165, 1.54) is 16.0 Å². The molecule has 0 spiro atoms. The van der Waals surface area contributed by atoms with Crippen LogP contribution in [0.25, 0.3) is 22.2 Å². The number of anilines is 2. The fourth-order valence-electron chi connectivity index (χ4n) is 3.86. The first-order valence-corrected chi connectivity index (χ1v) is 10.6. The van der Waals surface area contributed by atoms with Crippen LogP contribution in [0.1, 0.15) is 16.8 Å². The first kappa shape index (κ1) is 18.0. The second kappa shape index (κ2) is 7.43. The van der Waals surface area contributed by atoms with E-state index in [0.29, 0.717) is 12.1 Å². The van der Waals surface area contributed by atoms with Gasteiger partial charge in [0.1, 0.15) is 6.29 Å². The first-order valence-electron chi connectivity index (χ1n) is 9.74. The van der Waals surface area contributed by atoms with E-state index >= 15 is 0 Å². The first-order chi connectivity index (χ1) is 14.3. The molecule has 5 heteroatoms. The molecule has 0 atom stereocenters. The number of aromatic amines is 1. The number of carbonyl (C=O) groups excluding carboxylic acids is 1. The zero-order chi connectivity index (χ0) is 19.8. The van der Waals surface area contributed by atoms with Crippen molar-refractivity contribution in [3.63, 3.8) is 0 Å². The van der Waals surface area contributed by atoms with Gasteiger partial charge in [-0.15, -0.1) is 0 Å². The molecule has 0 aliphatic carbocycles. The van der Waals surface area contributed by atoms with Crippen LogP contribution in [-0.2, 0) is 0 Å². The van der Waals surface area contributed by atoms with Crippen LogP contribution < -0.4 is 10.6 Å². The van der Waals surface area contributed by atoms with Gasteiger partial charge >= 0.3 is 0 Å². The summed E-state index contributed by atoms with van der Waals surface area (Å²) in [5, 5.41) is 1.21. The molecule has 0 unspecified atom stereocenters. The van der Waals surface area contributed by atoms with E-state index < -0.39 is 0 Å². The van der Waals surface area contributed by atoms with Gasteiger partial charge in [-0.25, -0.2) is 0 Å². The Morgan fingerprint density at radius 3 is 2.55 bits per heavy atom. The normalized spacial score (nSPS) is 12.7. The number of fused-ring (bicyclic) bond motifs is 3. The number of para-hydroxylation sites is 1. The lowest BCUT2D eigenvalue weighted by molar-refractivity contribution is 0.112. The molecule has 144 valence electrons. The van der Waals surface area contributed by atoms with E-state index in [0.717, 1.165) is 46.6 Å². The van der Waals surface area contributed by atoms with Crippen LogP contribution in [0.5, 0.6) is 0 Å². The summed E-state index contributed by atoms with van der Waals surface area (Å²) in [5.74, 6) is 0. The van der Waals surface area contributed by atoms with Crippen molar-refractivity contribution in [2.24, 2.45) is 5.73 Å². The van der Waals surface area contributed by atoms with Crippen LogP contribution in [0.3, 0.4) is 0 Å². The number of carbonyl (C=O) groups is 1. The highest BCUT2D eigenvalue weighted by Crippen LogP contribution is 2.49. The van der Waals surface area contributed by atoms with Crippen molar-refractivity contribution in [1.29, 1.82) is 0 Å². The Labute approximate surface area is 173 Å². The van der Waals surface area contributed by atoms with Crippen molar-refractivity contribution in [3.8, 4) is 11.3 Å². The highest BCUT2D eigenvalue weighted by Gasteiger charge is 2.24. The average Bonchev–Trinajstić information content (AvgIpc) is 3.20. The standard InChI is InChI=1S/C24H21N3OS/c25-10-3-11-27-21-8-6-16(15-28)12-23(21)29-24-14-18(7-9-22(24)27)20-13-17-4-1-2-5-19(17)26-20/h1-2,4-9,12-15,26H,3,10-11,25H2. The summed E-state index contributed by atoms with van der Waals surface area (Å²) >= 11 is 1.72. The molecular weight excluding hydrogens is 378 g/mol. The van der Waals surface area contributed by atoms with E-state index in [4.69, 9.17) is 5.73 Å². The second-order valence-electron chi connectivity index (χ2n) is 7.19. The highest BCUT2D eigenvalue weighted by atomic mass is 32.2. The summed E-state index contributed by atoms with van der Waals surface area (Å²) in [4.78, 5) is 19.4. The number of aromatic nitrogens is 1. The third-order valence-corrected chi connectivity index (χ3v) is 6.40. The van der Waals surface area contributed by atoms with Crippen molar-refractivity contribution in [2.75, 3.05) is 18.0 Å². The predicted molar refractivity (Wildman–Crippen MR) is 120 cm³/mol. The van der Waals surface area contributed by atoms with E-state index in [9.17, 15) is 4.79 Å². The number of benzene rings is 3. The fraction of sp³-hybridized carbons (Fsp3) is 0.125. The lowest BCUT2D eigenvalue weighted by Gasteiger charge is -2.33. The minimum atomic E-state index is 0.647. The van der Waals surface area contributed by atoms with Crippen molar-refractivity contribution in [3.05, 3.63) is 72.3 Å². The van der Waals surface area contributed by atoms with Crippen molar-refractivity contribution in [2.45, 2.75) is 16.2 Å². The van der Waals surface area contributed by atoms with Gasteiger partial charge in [-0.1, -0.05) is 36.0 Å². The number of aldehydes is 1. The number of rotatable bonds is 5. The number of hydrogen-bond donors (Lipinski definition) is 2. The number of hydrogen-bond acceptors (Lipinski definition) is 4. The number of H-pyrrole nitrogens is 1. The van der Waals surface area contributed by atoms with Gasteiger partial charge in [0.15, 0.2) is 0 Å². The Morgan fingerprint density at radius 2 is 1.76 bits per heavy atom. The van der Waals surface area contributed by atoms with Gasteiger partial charge in [-0.2, -0.15) is 0 Å². The summed E-state index contributed by atoms with van der Waals surface area (Å²) in [6, 6.07) is 23.0. The Kier molecular flexibility index (Phi) is 4.62. The van der Waals surface area contributed by atoms with Gasteiger partial charge in [0, 0.05) is 38.5 Å². The fourth-order valence-corrected chi connectivity index (χ4v) is 5.05. The topological polar surface area (TPSA) is 62.1 Å². The van der Waals surface area contributed by atoms with Gasteiger partial charge in [0.05, 0.1) is 11.4 Å². The van der Waals surface area contributed by atoms with Crippen LogP contribution in [0.2, 0.25) is 0 Å². The molecule has 0 bridgehead atoms. The van der Waals surface area contributed by atoms with Crippen LogP contribution in [0, 0.1) is 0 Å². The summed E-state index contributed by atoms with van der Waals surface area (Å²) in [6.45, 7) is 1.50. The number of nitrogens with one attached hydrogen (secondary N) is 1. The summed E-state index contributed by atoms with van der Waals surface area (Å²) in [7, 11) is 0. The molecule has 4 nitrogen and oxygen atoms in total. The van der Waals surface area contributed by atoms with Crippen LogP contribution in [-0.4, -0.2) is 24.4 Å². The minimum Gasteiger partial charge on any atom is -0.355 e. The molecule has 1 aliphatic heterocycles. The smallest absolute Gasteiger partial charge is 0.150 e. The van der Waals surface area contributed by atoms with Gasteiger partial charge in [0.2, 0.25) is 0 Å². The summed E-state index contributed by atoms with van der Waals surface area (Å²) < 4.78 is 0. The molecule has 0 radical (unpaired) electrons. The van der Waals surface area contributed by atoms with Crippen LogP contribution >= 0.6 is 11.8 Å². The monoisotopic (exact) mass is 399 g/mol. The largest absolute Gasteiger partial charge is 0.355 e. The van der Waals surface area contributed by atoms with E-state index in [1.807, 2.05) is 24.3 Å². The van der Waals surface area contributed by atoms with E-state index in [1.54, 1.807) is 11.8 Å². The Hall–Kier alpha value is -3.02. The Balaban J connectivity index is 1.59. The maximum Gasteiger partial charge on any atom is 0.150 e. The van der Waals surface area contributed by atoms with Gasteiger partial charge in [-0.3, -0.25) is 4.79 Å². The molecule has 0 fully saturated rings. The molecule has 2 heterocycles. The molecule has 1 aliphatic rings. The molecule has 29 heavy (non-hydrogen) atoms. The number of nitrogens with two attached hydrogens (primary N) is 1. The van der Waals surface area contributed by atoms with Crippen LogP contribution in [0.4, 0.5) is 11.4 Å². The molecule has 0 saturated heterocycles. The molecule has 3 aromatic carbocycles. The molecular formula is C24H21N3OS. The van der Waals surface area contributed by atoms with Crippen LogP contribution in [0.15, 0.2) is 76.5 Å². The van der Waals surface area contributed by atoms with Crippen molar-refractivity contribution >= 4 is 40.3 Å². The molecule has 5 rings (SSSR count). The van der Waals surface area contributed by atoms with E-state index in [2.05, 4.69) is 52.3 Å². The van der Waals surface area contributed by atoms with Gasteiger partial charge < -0.3 is 15.6 Å². The maximum absolute atomic E-state index is 11.3. The second-order valence-corrected chi connectivity index (χ2v) is 8.28. The van der Waals surface area contributed by atoms with E-state index in [-0.39, 0.29) is 0 Å². The van der Waals surface area contributed by atoms with Crippen molar-refractivity contribution < 1.29 is 4.79 Å². The predicted octanol–water partition coefficient (Wildman–Crippen LogP) is 5.60. The maximum atomic E-state index is 11.3. The highest BCUT2D eigenvalue weighted by molar-refractivity contribution is 7.99. The third kappa shape index (κ3) is 3.22. The zero-order valence-corrected chi connectivity index (χ0v) is 16.7. The Morgan fingerprint density at radius 1 is 0.966 bits per heavy atom. The average molecular weight is 400 g/mol. The van der Waals surface area contributed by atoms with Gasteiger partial charge in [0.25, 0.3) is 0 Å². The quantitative estimate of drug-likeness (QED) is 0.429. The van der Waals surface area contributed by atoms with Gasteiger partial charge in [-0.05, 0) is 61.0 Å². The molecule has 4 aromatic rings. The third-order valence-electron chi connectivity index (χ3n) is 5.31. The summed E-state index contributed by atoms with van der Waals surface area (Å²) in [5.41, 5.74) is 12.2. The minimum absolute atomic E-state index is 0.647. The molecule has 0 amide bonds. The SMILES string of the molecule is NCCCN1c2ccc(C=O)cc2Sc2cc(-c3cc4ccccc4[nH]3)ccc21. The summed E-state index contributed by atoms with van der Waals surface area (Å²) in [6.07, 6.45) is 1.81.